The minimum atomic E-state index is 0.100. The van der Waals surface area contributed by atoms with Crippen molar-refractivity contribution < 1.29 is 4.42 Å². The summed E-state index contributed by atoms with van der Waals surface area (Å²) in [6.45, 7) is 1.95. The van der Waals surface area contributed by atoms with Gasteiger partial charge in [-0.1, -0.05) is 33.6 Å². The van der Waals surface area contributed by atoms with Gasteiger partial charge < -0.3 is 10.2 Å². The third-order valence-corrected chi connectivity index (χ3v) is 3.26. The van der Waals surface area contributed by atoms with Crippen molar-refractivity contribution in [3.63, 3.8) is 0 Å². The second-order valence-corrected chi connectivity index (χ2v) is 4.74. The molecule has 21 heavy (non-hydrogen) atoms. The van der Waals surface area contributed by atoms with Crippen LogP contribution in [0.25, 0.3) is 11.3 Å². The van der Waals surface area contributed by atoms with E-state index in [2.05, 4.69) is 20.6 Å². The molecule has 0 aliphatic rings. The van der Waals surface area contributed by atoms with Gasteiger partial charge in [0.2, 0.25) is 0 Å². The van der Waals surface area contributed by atoms with Crippen LogP contribution >= 0.6 is 11.6 Å². The lowest BCUT2D eigenvalue weighted by molar-refractivity contribution is 0.573. The molecule has 0 fully saturated rings. The Balaban J connectivity index is 1.84. The van der Waals surface area contributed by atoms with Crippen LogP contribution < -0.4 is 5.73 Å². The molecule has 0 aliphatic heterocycles. The molecule has 106 valence electrons. The Bertz CT molecular complexity index is 807. The molecule has 0 bridgehead atoms. The molecule has 3 rings (SSSR count). The molecular weight excluding hydrogens is 292 g/mol. The van der Waals surface area contributed by atoms with Crippen LogP contribution in [0, 0.1) is 6.92 Å². The Kier molecular flexibility index (Phi) is 3.41. The first-order valence-electron chi connectivity index (χ1n) is 6.08. The molecule has 2 heterocycles. The van der Waals surface area contributed by atoms with Crippen molar-refractivity contribution in [1.29, 1.82) is 0 Å². The van der Waals surface area contributed by atoms with E-state index in [-0.39, 0.29) is 5.95 Å². The molecule has 3 aromatic rings. The van der Waals surface area contributed by atoms with Gasteiger partial charge in [-0.25, -0.2) is 0 Å². The van der Waals surface area contributed by atoms with Crippen LogP contribution in [0.15, 0.2) is 39.9 Å². The molecule has 0 atom stereocenters. The SMILES string of the molecule is Cc1ccc(-c2ccc(C=Nn3nnnc3N)o2)cc1Cl. The Morgan fingerprint density at radius 1 is 1.33 bits per heavy atom. The van der Waals surface area contributed by atoms with Crippen LogP contribution in [0.2, 0.25) is 5.02 Å². The highest BCUT2D eigenvalue weighted by atomic mass is 35.5. The summed E-state index contributed by atoms with van der Waals surface area (Å²) in [6, 6.07) is 9.37. The lowest BCUT2D eigenvalue weighted by Crippen LogP contribution is -1.99. The van der Waals surface area contributed by atoms with Crippen LogP contribution in [0.5, 0.6) is 0 Å². The zero-order valence-electron chi connectivity index (χ0n) is 11.1. The topological polar surface area (TPSA) is 95.1 Å². The number of furan rings is 1. The van der Waals surface area contributed by atoms with Crippen molar-refractivity contribution in [2.45, 2.75) is 6.92 Å². The Hall–Kier alpha value is -2.67. The van der Waals surface area contributed by atoms with Gasteiger partial charge in [-0.05, 0) is 41.1 Å². The molecule has 2 N–H and O–H groups in total. The van der Waals surface area contributed by atoms with Crippen LogP contribution in [0.4, 0.5) is 5.95 Å². The predicted molar refractivity (Wildman–Crippen MR) is 79.1 cm³/mol. The lowest BCUT2D eigenvalue weighted by Gasteiger charge is -2.00. The Labute approximate surface area is 125 Å². The number of halogens is 1. The maximum atomic E-state index is 6.11. The van der Waals surface area contributed by atoms with Gasteiger partial charge in [0.25, 0.3) is 5.95 Å². The second kappa shape index (κ2) is 5.37. The van der Waals surface area contributed by atoms with Crippen molar-refractivity contribution in [2.75, 3.05) is 5.73 Å². The summed E-state index contributed by atoms with van der Waals surface area (Å²) >= 11 is 6.11. The fraction of sp³-hybridized carbons (Fsp3) is 0.0769. The van der Waals surface area contributed by atoms with Gasteiger partial charge in [0.15, 0.2) is 0 Å². The summed E-state index contributed by atoms with van der Waals surface area (Å²) in [5.41, 5.74) is 7.41. The van der Waals surface area contributed by atoms with E-state index in [0.29, 0.717) is 16.5 Å². The first kappa shape index (κ1) is 13.3. The molecule has 2 aromatic heterocycles. The van der Waals surface area contributed by atoms with Crippen molar-refractivity contribution in [1.82, 2.24) is 20.3 Å². The minimum absolute atomic E-state index is 0.100. The number of nitrogen functional groups attached to an aromatic ring is 1. The van der Waals surface area contributed by atoms with E-state index in [1.165, 1.54) is 6.21 Å². The van der Waals surface area contributed by atoms with E-state index in [0.717, 1.165) is 15.9 Å². The highest BCUT2D eigenvalue weighted by Crippen LogP contribution is 2.26. The average molecular weight is 303 g/mol. The van der Waals surface area contributed by atoms with E-state index in [4.69, 9.17) is 21.8 Å². The molecular formula is C13H11ClN6O. The summed E-state index contributed by atoms with van der Waals surface area (Å²) < 4.78 is 5.67. The van der Waals surface area contributed by atoms with E-state index < -0.39 is 0 Å². The number of anilines is 1. The standard InChI is InChI=1S/C13H11ClN6O/c1-8-2-3-9(6-11(8)14)12-5-4-10(21-12)7-16-20-13(15)17-18-19-20/h2-7H,1H3,(H2,15,17,19). The molecule has 0 aliphatic carbocycles. The molecule has 0 amide bonds. The van der Waals surface area contributed by atoms with Gasteiger partial charge in [-0.15, -0.1) is 0 Å². The Morgan fingerprint density at radius 3 is 2.90 bits per heavy atom. The fourth-order valence-electron chi connectivity index (χ4n) is 1.71. The minimum Gasteiger partial charge on any atom is -0.455 e. The number of tetrazole rings is 1. The Morgan fingerprint density at radius 2 is 2.19 bits per heavy atom. The van der Waals surface area contributed by atoms with Crippen molar-refractivity contribution in [2.24, 2.45) is 5.10 Å². The highest BCUT2D eigenvalue weighted by molar-refractivity contribution is 6.31. The number of aryl methyl sites for hydroxylation is 1. The van der Waals surface area contributed by atoms with E-state index in [9.17, 15) is 0 Å². The van der Waals surface area contributed by atoms with Crippen LogP contribution in [-0.4, -0.2) is 26.5 Å². The molecule has 0 saturated carbocycles. The molecule has 0 unspecified atom stereocenters. The largest absolute Gasteiger partial charge is 0.455 e. The maximum Gasteiger partial charge on any atom is 0.263 e. The maximum absolute atomic E-state index is 6.11. The summed E-state index contributed by atoms with van der Waals surface area (Å²) in [6.07, 6.45) is 1.48. The molecule has 7 nitrogen and oxygen atoms in total. The number of nitrogens with two attached hydrogens (primary N) is 1. The molecule has 0 saturated heterocycles. The molecule has 0 radical (unpaired) electrons. The van der Waals surface area contributed by atoms with Crippen LogP contribution in [0.3, 0.4) is 0 Å². The number of benzene rings is 1. The molecule has 8 heteroatoms. The van der Waals surface area contributed by atoms with Gasteiger partial charge in [-0.2, -0.15) is 5.10 Å². The number of hydrogen-bond acceptors (Lipinski definition) is 6. The average Bonchev–Trinajstić information content (AvgIpc) is 3.09. The predicted octanol–water partition coefficient (Wildman–Crippen LogP) is 2.36. The van der Waals surface area contributed by atoms with Crippen molar-refractivity contribution in [3.05, 3.63) is 46.7 Å². The number of nitrogens with zero attached hydrogens (tertiary/aromatic N) is 5. The molecule has 1 aromatic carbocycles. The summed E-state index contributed by atoms with van der Waals surface area (Å²) in [4.78, 5) is 1.10. The van der Waals surface area contributed by atoms with Crippen molar-refractivity contribution >= 4 is 23.8 Å². The summed E-state index contributed by atoms with van der Waals surface area (Å²) in [5, 5.41) is 15.2. The van der Waals surface area contributed by atoms with Crippen LogP contribution in [0.1, 0.15) is 11.3 Å². The van der Waals surface area contributed by atoms with E-state index >= 15 is 0 Å². The lowest BCUT2D eigenvalue weighted by atomic mass is 10.1. The first-order valence-corrected chi connectivity index (χ1v) is 6.46. The van der Waals surface area contributed by atoms with Gasteiger partial charge in [0.1, 0.15) is 11.5 Å². The number of hydrogen-bond donors (Lipinski definition) is 1. The van der Waals surface area contributed by atoms with Gasteiger partial charge in [-0.3, -0.25) is 0 Å². The summed E-state index contributed by atoms with van der Waals surface area (Å²) in [5.74, 6) is 1.35. The number of rotatable bonds is 3. The normalized spacial score (nSPS) is 11.3. The highest BCUT2D eigenvalue weighted by Gasteiger charge is 2.06. The van der Waals surface area contributed by atoms with Gasteiger partial charge in [0, 0.05) is 10.6 Å². The monoisotopic (exact) mass is 302 g/mol. The second-order valence-electron chi connectivity index (χ2n) is 4.34. The smallest absolute Gasteiger partial charge is 0.263 e. The van der Waals surface area contributed by atoms with Crippen molar-refractivity contribution in [3.8, 4) is 11.3 Å². The van der Waals surface area contributed by atoms with Crippen LogP contribution in [-0.2, 0) is 0 Å². The van der Waals surface area contributed by atoms with E-state index in [1.807, 2.05) is 31.2 Å². The first-order chi connectivity index (χ1) is 10.1. The third kappa shape index (κ3) is 2.77. The van der Waals surface area contributed by atoms with Gasteiger partial charge in [0.05, 0.1) is 6.21 Å². The number of aromatic nitrogens is 4. The molecule has 0 spiro atoms. The zero-order valence-corrected chi connectivity index (χ0v) is 11.8. The van der Waals surface area contributed by atoms with E-state index in [1.54, 1.807) is 6.07 Å². The van der Waals surface area contributed by atoms with Gasteiger partial charge >= 0.3 is 0 Å². The third-order valence-electron chi connectivity index (χ3n) is 2.85. The summed E-state index contributed by atoms with van der Waals surface area (Å²) in [7, 11) is 0. The quantitative estimate of drug-likeness (QED) is 0.749. The zero-order chi connectivity index (χ0) is 14.8. The fourth-order valence-corrected chi connectivity index (χ4v) is 1.89.